The number of nitrogens with zero attached hydrogens (tertiary/aromatic N) is 1. The highest BCUT2D eigenvalue weighted by Crippen LogP contribution is 2.14. The van der Waals surface area contributed by atoms with Crippen molar-refractivity contribution in [1.82, 2.24) is 9.88 Å². The lowest BCUT2D eigenvalue weighted by atomic mass is 10.0. The van der Waals surface area contributed by atoms with Crippen LogP contribution in [0, 0.1) is 5.92 Å². The number of aryl methyl sites for hydroxylation is 1. The first kappa shape index (κ1) is 14.8. The van der Waals surface area contributed by atoms with Gasteiger partial charge in [0.25, 0.3) is 5.91 Å². The Balaban J connectivity index is 2.85. The molecule has 0 spiro atoms. The number of ether oxygens (including phenoxy) is 1. The van der Waals surface area contributed by atoms with E-state index < -0.39 is 12.0 Å². The third-order valence-electron chi connectivity index (χ3n) is 2.61. The van der Waals surface area contributed by atoms with Crippen LogP contribution in [0.5, 0.6) is 0 Å². The number of aromatic nitrogens is 1. The third kappa shape index (κ3) is 3.35. The van der Waals surface area contributed by atoms with Crippen LogP contribution >= 0.6 is 15.9 Å². The highest BCUT2D eigenvalue weighted by molar-refractivity contribution is 9.10. The van der Waals surface area contributed by atoms with Crippen LogP contribution < -0.4 is 5.32 Å². The summed E-state index contributed by atoms with van der Waals surface area (Å²) < 4.78 is 7.18. The van der Waals surface area contributed by atoms with Crippen molar-refractivity contribution in [1.29, 1.82) is 0 Å². The van der Waals surface area contributed by atoms with E-state index in [-0.39, 0.29) is 11.8 Å². The highest BCUT2D eigenvalue weighted by Gasteiger charge is 2.26. The Labute approximate surface area is 115 Å². The minimum absolute atomic E-state index is 0.0369. The van der Waals surface area contributed by atoms with Gasteiger partial charge in [0.15, 0.2) is 0 Å². The Bertz CT molecular complexity index is 454. The normalized spacial score (nSPS) is 12.3. The maximum atomic E-state index is 12.1. The fraction of sp³-hybridized carbons (Fsp3) is 0.500. The van der Waals surface area contributed by atoms with Gasteiger partial charge in [-0.2, -0.15) is 0 Å². The quantitative estimate of drug-likeness (QED) is 0.860. The fourth-order valence-electron chi connectivity index (χ4n) is 1.59. The van der Waals surface area contributed by atoms with Crippen molar-refractivity contribution in [2.75, 3.05) is 7.11 Å². The fourth-order valence-corrected chi connectivity index (χ4v) is 2.11. The van der Waals surface area contributed by atoms with Crippen molar-refractivity contribution in [3.05, 3.63) is 22.4 Å². The molecule has 0 saturated heterocycles. The Morgan fingerprint density at radius 1 is 1.44 bits per heavy atom. The van der Waals surface area contributed by atoms with Crippen molar-refractivity contribution >= 4 is 27.8 Å². The molecule has 100 valence electrons. The molecule has 0 radical (unpaired) electrons. The molecule has 0 fully saturated rings. The van der Waals surface area contributed by atoms with Gasteiger partial charge in [0.2, 0.25) is 0 Å². The van der Waals surface area contributed by atoms with Crippen LogP contribution in [0.2, 0.25) is 0 Å². The van der Waals surface area contributed by atoms with Crippen LogP contribution in [0.4, 0.5) is 0 Å². The minimum Gasteiger partial charge on any atom is -0.467 e. The zero-order valence-electron chi connectivity index (χ0n) is 10.9. The number of rotatable bonds is 4. The summed E-state index contributed by atoms with van der Waals surface area (Å²) in [5.74, 6) is -0.774. The van der Waals surface area contributed by atoms with Crippen molar-refractivity contribution in [2.24, 2.45) is 13.0 Å². The van der Waals surface area contributed by atoms with E-state index in [1.54, 1.807) is 23.9 Å². The second-order valence-electron chi connectivity index (χ2n) is 4.37. The number of nitrogens with one attached hydrogen (secondary N) is 1. The number of halogens is 1. The summed E-state index contributed by atoms with van der Waals surface area (Å²) in [6, 6.07) is 1.06. The molecule has 0 bridgehead atoms. The first-order valence-corrected chi connectivity index (χ1v) is 6.36. The Morgan fingerprint density at radius 2 is 2.06 bits per heavy atom. The van der Waals surface area contributed by atoms with Gasteiger partial charge >= 0.3 is 5.97 Å². The molecule has 1 heterocycles. The summed E-state index contributed by atoms with van der Waals surface area (Å²) in [6.07, 6.45) is 1.78. The molecule has 0 saturated carbocycles. The standard InChI is InChI=1S/C12H17BrN2O3/c1-7(2)10(12(17)18-4)14-11(16)9-5-8(13)6-15(9)3/h5-7,10H,1-4H3,(H,14,16)/t10-/m0/s1. The molecule has 0 aliphatic carbocycles. The Hall–Kier alpha value is -1.30. The summed E-state index contributed by atoms with van der Waals surface area (Å²) in [4.78, 5) is 23.6. The van der Waals surface area contributed by atoms with E-state index >= 15 is 0 Å². The van der Waals surface area contributed by atoms with Crippen LogP contribution in [0.1, 0.15) is 24.3 Å². The van der Waals surface area contributed by atoms with E-state index in [0.717, 1.165) is 4.47 Å². The van der Waals surface area contributed by atoms with Gasteiger partial charge in [-0.25, -0.2) is 4.79 Å². The van der Waals surface area contributed by atoms with Crippen molar-refractivity contribution < 1.29 is 14.3 Å². The molecule has 18 heavy (non-hydrogen) atoms. The number of amides is 1. The molecule has 0 unspecified atom stereocenters. The van der Waals surface area contributed by atoms with E-state index in [0.29, 0.717) is 5.69 Å². The largest absolute Gasteiger partial charge is 0.467 e. The zero-order valence-corrected chi connectivity index (χ0v) is 12.4. The van der Waals surface area contributed by atoms with Gasteiger partial charge in [0, 0.05) is 17.7 Å². The second-order valence-corrected chi connectivity index (χ2v) is 5.29. The van der Waals surface area contributed by atoms with Gasteiger partial charge in [0.05, 0.1) is 7.11 Å². The molecule has 1 atom stereocenters. The Kier molecular flexibility index (Phi) is 4.95. The summed E-state index contributed by atoms with van der Waals surface area (Å²) in [6.45, 7) is 3.70. The van der Waals surface area contributed by atoms with E-state index in [2.05, 4.69) is 26.0 Å². The molecular formula is C12H17BrN2O3. The summed E-state index contributed by atoms with van der Waals surface area (Å²) in [7, 11) is 3.07. The Morgan fingerprint density at radius 3 is 2.44 bits per heavy atom. The van der Waals surface area contributed by atoms with Crippen LogP contribution in [0.25, 0.3) is 0 Å². The maximum absolute atomic E-state index is 12.1. The molecule has 0 aliphatic heterocycles. The average Bonchev–Trinajstić information content (AvgIpc) is 2.63. The van der Waals surface area contributed by atoms with Crippen molar-refractivity contribution in [3.8, 4) is 0 Å². The molecule has 1 aromatic heterocycles. The number of hydrogen-bond acceptors (Lipinski definition) is 3. The number of carbonyl (C=O) groups excluding carboxylic acids is 2. The summed E-state index contributed by atoms with van der Waals surface area (Å²) in [5.41, 5.74) is 0.483. The number of carbonyl (C=O) groups is 2. The smallest absolute Gasteiger partial charge is 0.328 e. The van der Waals surface area contributed by atoms with E-state index in [1.807, 2.05) is 13.8 Å². The molecule has 0 aromatic carbocycles. The first-order valence-electron chi connectivity index (χ1n) is 5.57. The average molecular weight is 317 g/mol. The van der Waals surface area contributed by atoms with Gasteiger partial charge in [0.1, 0.15) is 11.7 Å². The molecular weight excluding hydrogens is 300 g/mol. The van der Waals surface area contributed by atoms with Gasteiger partial charge in [-0.1, -0.05) is 13.8 Å². The van der Waals surface area contributed by atoms with Gasteiger partial charge in [-0.3, -0.25) is 4.79 Å². The van der Waals surface area contributed by atoms with E-state index in [9.17, 15) is 9.59 Å². The van der Waals surface area contributed by atoms with Crippen LogP contribution in [-0.2, 0) is 16.6 Å². The molecule has 1 amide bonds. The predicted molar refractivity (Wildman–Crippen MR) is 71.2 cm³/mol. The van der Waals surface area contributed by atoms with Crippen LogP contribution in [-0.4, -0.2) is 29.6 Å². The zero-order chi connectivity index (χ0) is 13.9. The molecule has 5 nitrogen and oxygen atoms in total. The first-order chi connectivity index (χ1) is 8.36. The topological polar surface area (TPSA) is 60.3 Å². The maximum Gasteiger partial charge on any atom is 0.328 e. The minimum atomic E-state index is -0.642. The molecule has 1 aromatic rings. The molecule has 6 heteroatoms. The second kappa shape index (κ2) is 6.04. The van der Waals surface area contributed by atoms with Gasteiger partial charge in [-0.15, -0.1) is 0 Å². The summed E-state index contributed by atoms with van der Waals surface area (Å²) >= 11 is 3.30. The number of hydrogen-bond donors (Lipinski definition) is 1. The van der Waals surface area contributed by atoms with Gasteiger partial charge in [-0.05, 0) is 27.9 Å². The van der Waals surface area contributed by atoms with Gasteiger partial charge < -0.3 is 14.6 Å². The highest BCUT2D eigenvalue weighted by atomic mass is 79.9. The van der Waals surface area contributed by atoms with Crippen LogP contribution in [0.3, 0.4) is 0 Å². The van der Waals surface area contributed by atoms with Crippen molar-refractivity contribution in [2.45, 2.75) is 19.9 Å². The predicted octanol–water partition coefficient (Wildman–Crippen LogP) is 1.71. The van der Waals surface area contributed by atoms with Crippen molar-refractivity contribution in [3.63, 3.8) is 0 Å². The van der Waals surface area contributed by atoms with E-state index in [4.69, 9.17) is 0 Å². The lowest BCUT2D eigenvalue weighted by Gasteiger charge is -2.19. The molecule has 1 N–H and O–H groups in total. The van der Waals surface area contributed by atoms with Crippen LogP contribution in [0.15, 0.2) is 16.7 Å². The molecule has 1 rings (SSSR count). The summed E-state index contributed by atoms with van der Waals surface area (Å²) in [5, 5.41) is 2.68. The molecule has 0 aliphatic rings. The lowest BCUT2D eigenvalue weighted by molar-refractivity contribution is -0.144. The monoisotopic (exact) mass is 316 g/mol. The SMILES string of the molecule is COC(=O)[C@@H](NC(=O)c1cc(Br)cn1C)C(C)C. The number of methoxy groups -OCH3 is 1. The number of esters is 1. The third-order valence-corrected chi connectivity index (χ3v) is 3.05. The van der Waals surface area contributed by atoms with E-state index in [1.165, 1.54) is 7.11 Å². The lowest BCUT2D eigenvalue weighted by Crippen LogP contribution is -2.45.